The minimum absolute atomic E-state index is 0.115. The summed E-state index contributed by atoms with van der Waals surface area (Å²) in [5, 5.41) is 4.17. The van der Waals surface area contributed by atoms with Crippen molar-refractivity contribution in [1.29, 1.82) is 0 Å². The van der Waals surface area contributed by atoms with Crippen LogP contribution in [0, 0.1) is 5.82 Å². The van der Waals surface area contributed by atoms with Crippen LogP contribution < -0.4 is 10.9 Å². The number of morpholine rings is 1. The zero-order valence-corrected chi connectivity index (χ0v) is 15.9. The van der Waals surface area contributed by atoms with Gasteiger partial charge in [0, 0.05) is 25.0 Å². The zero-order valence-electron chi connectivity index (χ0n) is 15.9. The molecule has 0 spiro atoms. The summed E-state index contributed by atoms with van der Waals surface area (Å²) in [6, 6.07) is 15.0. The Morgan fingerprint density at radius 1 is 1.14 bits per heavy atom. The van der Waals surface area contributed by atoms with Crippen molar-refractivity contribution in [3.63, 3.8) is 0 Å². The normalized spacial score (nSPS) is 15.9. The highest BCUT2D eigenvalue weighted by Gasteiger charge is 2.23. The molecule has 4 rings (SSSR count). The van der Waals surface area contributed by atoms with Gasteiger partial charge in [-0.15, -0.1) is 0 Å². The van der Waals surface area contributed by atoms with Gasteiger partial charge < -0.3 is 15.0 Å². The molecule has 6 nitrogen and oxygen atoms in total. The van der Waals surface area contributed by atoms with Crippen molar-refractivity contribution in [3.05, 3.63) is 82.0 Å². The maximum atomic E-state index is 13.4. The average molecular weight is 395 g/mol. The smallest absolute Gasteiger partial charge is 0.267 e. The molecular formula is C22H22FN3O3. The van der Waals surface area contributed by atoms with E-state index >= 15 is 0 Å². The third kappa shape index (κ3) is 4.36. The molecule has 1 fully saturated rings. The summed E-state index contributed by atoms with van der Waals surface area (Å²) in [6.45, 7) is 3.02. The van der Waals surface area contributed by atoms with Crippen LogP contribution >= 0.6 is 0 Å². The van der Waals surface area contributed by atoms with Crippen molar-refractivity contribution in [2.75, 3.05) is 32.8 Å². The fourth-order valence-electron chi connectivity index (χ4n) is 3.65. The summed E-state index contributed by atoms with van der Waals surface area (Å²) in [5.74, 6) is -0.652. The lowest BCUT2D eigenvalue weighted by Gasteiger charge is -2.35. The molecule has 2 aromatic carbocycles. The van der Waals surface area contributed by atoms with Crippen LogP contribution in [0.3, 0.4) is 0 Å². The number of ether oxygens (including phenoxy) is 1. The van der Waals surface area contributed by atoms with Crippen molar-refractivity contribution < 1.29 is 13.9 Å². The molecule has 0 radical (unpaired) electrons. The van der Waals surface area contributed by atoms with Crippen LogP contribution in [-0.4, -0.2) is 48.6 Å². The van der Waals surface area contributed by atoms with E-state index in [0.29, 0.717) is 30.5 Å². The van der Waals surface area contributed by atoms with Crippen LogP contribution in [0.15, 0.2) is 59.4 Å². The molecule has 150 valence electrons. The summed E-state index contributed by atoms with van der Waals surface area (Å²) in [5.41, 5.74) is 0.839. The molecule has 1 amide bonds. The van der Waals surface area contributed by atoms with Gasteiger partial charge in [-0.1, -0.05) is 30.3 Å². The van der Waals surface area contributed by atoms with Crippen LogP contribution in [0.4, 0.5) is 4.39 Å². The molecule has 7 heteroatoms. The molecule has 0 aliphatic carbocycles. The average Bonchev–Trinajstić information content (AvgIpc) is 2.75. The van der Waals surface area contributed by atoms with Crippen LogP contribution in [-0.2, 0) is 4.74 Å². The second kappa shape index (κ2) is 8.55. The summed E-state index contributed by atoms with van der Waals surface area (Å²) in [4.78, 5) is 29.8. The van der Waals surface area contributed by atoms with Crippen LogP contribution in [0.2, 0.25) is 0 Å². The van der Waals surface area contributed by atoms with Crippen molar-refractivity contribution in [3.8, 4) is 0 Å². The Kier molecular flexibility index (Phi) is 5.69. The second-order valence-electron chi connectivity index (χ2n) is 7.03. The number of nitrogens with zero attached hydrogens (tertiary/aromatic N) is 1. The summed E-state index contributed by atoms with van der Waals surface area (Å²) in [6.07, 6.45) is 0. The molecule has 1 aliphatic rings. The predicted octanol–water partition coefficient (Wildman–Crippen LogP) is 2.47. The van der Waals surface area contributed by atoms with Crippen molar-refractivity contribution in [1.82, 2.24) is 15.2 Å². The number of fused-ring (bicyclic) bond motifs is 1. The molecule has 29 heavy (non-hydrogen) atoms. The number of hydrogen-bond donors (Lipinski definition) is 2. The first-order chi connectivity index (χ1) is 14.1. The maximum absolute atomic E-state index is 13.4. The fraction of sp³-hybridized carbons (Fsp3) is 0.273. The van der Waals surface area contributed by atoms with Gasteiger partial charge in [0.25, 0.3) is 11.5 Å². The molecule has 3 aromatic rings. The van der Waals surface area contributed by atoms with Gasteiger partial charge in [-0.3, -0.25) is 14.5 Å². The molecule has 1 aromatic heterocycles. The predicted molar refractivity (Wildman–Crippen MR) is 108 cm³/mol. The van der Waals surface area contributed by atoms with Gasteiger partial charge >= 0.3 is 0 Å². The van der Waals surface area contributed by atoms with Gasteiger partial charge in [-0.2, -0.15) is 0 Å². The molecule has 0 bridgehead atoms. The Hall–Kier alpha value is -3.03. The number of amides is 1. The first-order valence-electron chi connectivity index (χ1n) is 9.59. The molecule has 2 heterocycles. The number of hydrogen-bond acceptors (Lipinski definition) is 4. The highest BCUT2D eigenvalue weighted by atomic mass is 19.1. The summed E-state index contributed by atoms with van der Waals surface area (Å²) < 4.78 is 18.8. The molecule has 1 saturated heterocycles. The highest BCUT2D eigenvalue weighted by Crippen LogP contribution is 2.22. The summed E-state index contributed by atoms with van der Waals surface area (Å²) >= 11 is 0. The number of halogens is 1. The monoisotopic (exact) mass is 395 g/mol. The maximum Gasteiger partial charge on any atom is 0.267 e. The number of carbonyl (C=O) groups excluding carboxylic acids is 1. The number of nitrogens with one attached hydrogen (secondary N) is 2. The van der Waals surface area contributed by atoms with E-state index in [9.17, 15) is 14.0 Å². The minimum Gasteiger partial charge on any atom is -0.379 e. The lowest BCUT2D eigenvalue weighted by Crippen LogP contribution is -2.44. The summed E-state index contributed by atoms with van der Waals surface area (Å²) in [7, 11) is 0. The van der Waals surface area contributed by atoms with E-state index < -0.39 is 0 Å². The van der Waals surface area contributed by atoms with Crippen molar-refractivity contribution in [2.24, 2.45) is 0 Å². The van der Waals surface area contributed by atoms with Crippen LogP contribution in [0.5, 0.6) is 0 Å². The van der Waals surface area contributed by atoms with E-state index in [1.807, 2.05) is 6.07 Å². The lowest BCUT2D eigenvalue weighted by atomic mass is 10.0. The highest BCUT2D eigenvalue weighted by molar-refractivity contribution is 5.96. The van der Waals surface area contributed by atoms with Crippen LogP contribution in [0.1, 0.15) is 22.1 Å². The molecular weight excluding hydrogens is 373 g/mol. The standard InChI is InChI=1S/C22H22FN3O3/c23-17-7-5-15(6-8-17)20(26-9-11-29-12-10-26)14-24-22(28)19-13-16-3-1-2-4-18(16)21(27)25-19/h1-8,13,20H,9-12,14H2,(H,24,28)(H,25,27). The third-order valence-electron chi connectivity index (χ3n) is 5.20. The van der Waals surface area contributed by atoms with E-state index in [1.165, 1.54) is 12.1 Å². The molecule has 1 unspecified atom stereocenters. The largest absolute Gasteiger partial charge is 0.379 e. The van der Waals surface area contributed by atoms with Gasteiger partial charge in [0.1, 0.15) is 11.5 Å². The van der Waals surface area contributed by atoms with Gasteiger partial charge in [-0.25, -0.2) is 4.39 Å². The Morgan fingerprint density at radius 2 is 1.86 bits per heavy atom. The Morgan fingerprint density at radius 3 is 2.62 bits per heavy atom. The zero-order chi connectivity index (χ0) is 20.2. The van der Waals surface area contributed by atoms with Crippen molar-refractivity contribution >= 4 is 16.7 Å². The SMILES string of the molecule is O=C(NCC(c1ccc(F)cc1)N1CCOCC1)c1cc2ccccc2c(=O)[nH]1. The lowest BCUT2D eigenvalue weighted by molar-refractivity contribution is 0.0162. The van der Waals surface area contributed by atoms with Crippen molar-refractivity contribution in [2.45, 2.75) is 6.04 Å². The number of rotatable bonds is 5. The fourth-order valence-corrected chi connectivity index (χ4v) is 3.65. The first-order valence-corrected chi connectivity index (χ1v) is 9.59. The van der Waals surface area contributed by atoms with Gasteiger partial charge in [0.05, 0.1) is 19.3 Å². The van der Waals surface area contributed by atoms with Gasteiger partial charge in [0.15, 0.2) is 0 Å². The molecule has 0 saturated carbocycles. The quantitative estimate of drug-likeness (QED) is 0.696. The Labute approximate surface area is 167 Å². The van der Waals surface area contributed by atoms with Gasteiger partial charge in [-0.05, 0) is 35.2 Å². The molecule has 1 aliphatic heterocycles. The number of H-pyrrole nitrogens is 1. The molecule has 2 N–H and O–H groups in total. The van der Waals surface area contributed by atoms with E-state index in [4.69, 9.17) is 4.74 Å². The first kappa shape index (κ1) is 19.3. The second-order valence-corrected chi connectivity index (χ2v) is 7.03. The van der Waals surface area contributed by atoms with Gasteiger partial charge in [0.2, 0.25) is 0 Å². The topological polar surface area (TPSA) is 74.4 Å². The van der Waals surface area contributed by atoms with Crippen LogP contribution in [0.25, 0.3) is 10.8 Å². The van der Waals surface area contributed by atoms with E-state index in [-0.39, 0.29) is 29.0 Å². The number of carbonyl (C=O) groups is 1. The number of pyridine rings is 1. The number of aromatic nitrogens is 1. The van der Waals surface area contributed by atoms with E-state index in [0.717, 1.165) is 18.7 Å². The molecule has 1 atom stereocenters. The Bertz CT molecular complexity index is 1060. The number of aromatic amines is 1. The number of benzene rings is 2. The third-order valence-corrected chi connectivity index (χ3v) is 5.20. The van der Waals surface area contributed by atoms with E-state index in [2.05, 4.69) is 15.2 Å². The van der Waals surface area contributed by atoms with E-state index in [1.54, 1.807) is 36.4 Å². The Balaban J connectivity index is 1.54. The minimum atomic E-state index is -0.353.